The molecule has 2 nitrogen and oxygen atoms in total. The van der Waals surface area contributed by atoms with Gasteiger partial charge in [0.15, 0.2) is 5.78 Å². The molecule has 1 N–H and O–H groups in total. The van der Waals surface area contributed by atoms with Crippen molar-refractivity contribution in [3.63, 3.8) is 0 Å². The highest BCUT2D eigenvalue weighted by atomic mass is 35.5. The molecule has 84 valence electrons. The van der Waals surface area contributed by atoms with Gasteiger partial charge in [-0.2, -0.15) is 0 Å². The Bertz CT molecular complexity index is 443. The average Bonchev–Trinajstić information content (AvgIpc) is 2.26. The van der Waals surface area contributed by atoms with E-state index in [4.69, 9.17) is 11.6 Å². The van der Waals surface area contributed by atoms with Gasteiger partial charge in [0.25, 0.3) is 0 Å². The van der Waals surface area contributed by atoms with Crippen LogP contribution in [0.3, 0.4) is 0 Å². The van der Waals surface area contributed by atoms with Crippen molar-refractivity contribution in [1.29, 1.82) is 0 Å². The van der Waals surface area contributed by atoms with Crippen LogP contribution in [0.4, 0.5) is 0 Å². The molecule has 0 saturated carbocycles. The summed E-state index contributed by atoms with van der Waals surface area (Å²) in [5.41, 5.74) is 1.35. The van der Waals surface area contributed by atoms with E-state index in [-0.39, 0.29) is 5.78 Å². The highest BCUT2D eigenvalue weighted by Gasteiger charge is 2.05. The molecule has 0 atom stereocenters. The minimum atomic E-state index is -0.0381. The molecule has 0 radical (unpaired) electrons. The first-order chi connectivity index (χ1) is 7.65. The lowest BCUT2D eigenvalue weighted by molar-refractivity contribution is 0.101. The second-order valence-electron chi connectivity index (χ2n) is 3.41. The predicted molar refractivity (Wildman–Crippen MR) is 66.9 cm³/mol. The predicted octanol–water partition coefficient (Wildman–Crippen LogP) is 2.50. The van der Waals surface area contributed by atoms with Crippen molar-refractivity contribution in [2.75, 3.05) is 13.6 Å². The molecular formula is C13H14ClNO. The minimum absolute atomic E-state index is 0.0381. The second-order valence-corrected chi connectivity index (χ2v) is 3.81. The molecule has 1 aromatic rings. The van der Waals surface area contributed by atoms with Crippen molar-refractivity contribution in [3.8, 4) is 11.8 Å². The molecule has 0 spiro atoms. The summed E-state index contributed by atoms with van der Waals surface area (Å²) in [4.78, 5) is 11.3. The number of carbonyl (C=O) groups excluding carboxylic acids is 1. The van der Waals surface area contributed by atoms with Crippen molar-refractivity contribution in [3.05, 3.63) is 34.3 Å². The largest absolute Gasteiger partial charge is 0.319 e. The van der Waals surface area contributed by atoms with Gasteiger partial charge in [0, 0.05) is 24.1 Å². The Labute approximate surface area is 101 Å². The highest BCUT2D eigenvalue weighted by Crippen LogP contribution is 2.17. The number of carbonyl (C=O) groups is 1. The van der Waals surface area contributed by atoms with Crippen LogP contribution in [-0.4, -0.2) is 19.4 Å². The fourth-order valence-corrected chi connectivity index (χ4v) is 1.48. The molecule has 0 amide bonds. The van der Waals surface area contributed by atoms with Crippen LogP contribution in [0.2, 0.25) is 5.02 Å². The van der Waals surface area contributed by atoms with Crippen molar-refractivity contribution in [2.24, 2.45) is 0 Å². The number of hydrogen-bond acceptors (Lipinski definition) is 2. The summed E-state index contributed by atoms with van der Waals surface area (Å²) in [5, 5.41) is 3.49. The molecule has 1 rings (SSSR count). The van der Waals surface area contributed by atoms with Gasteiger partial charge in [0.05, 0.1) is 5.02 Å². The SMILES string of the molecule is CNCCC#Cc1ccc(Cl)c(C(C)=O)c1. The van der Waals surface area contributed by atoms with E-state index < -0.39 is 0 Å². The summed E-state index contributed by atoms with van der Waals surface area (Å²) >= 11 is 5.90. The van der Waals surface area contributed by atoms with Gasteiger partial charge < -0.3 is 5.32 Å². The summed E-state index contributed by atoms with van der Waals surface area (Å²) in [6.07, 6.45) is 0.786. The lowest BCUT2D eigenvalue weighted by Gasteiger charge is -1.99. The van der Waals surface area contributed by atoms with Gasteiger partial charge in [-0.25, -0.2) is 0 Å². The number of ketones is 1. The first-order valence-corrected chi connectivity index (χ1v) is 5.47. The Morgan fingerprint density at radius 3 is 2.88 bits per heavy atom. The van der Waals surface area contributed by atoms with E-state index in [1.54, 1.807) is 12.1 Å². The van der Waals surface area contributed by atoms with E-state index in [9.17, 15) is 4.79 Å². The van der Waals surface area contributed by atoms with Crippen LogP contribution in [0.25, 0.3) is 0 Å². The zero-order valence-corrected chi connectivity index (χ0v) is 10.2. The van der Waals surface area contributed by atoms with Gasteiger partial charge in [-0.05, 0) is 32.2 Å². The maximum Gasteiger partial charge on any atom is 0.161 e. The van der Waals surface area contributed by atoms with Crippen LogP contribution in [0.5, 0.6) is 0 Å². The summed E-state index contributed by atoms with van der Waals surface area (Å²) in [6.45, 7) is 2.36. The maximum absolute atomic E-state index is 11.3. The summed E-state index contributed by atoms with van der Waals surface area (Å²) in [6, 6.07) is 5.26. The van der Waals surface area contributed by atoms with Gasteiger partial charge in [-0.3, -0.25) is 4.79 Å². The monoisotopic (exact) mass is 235 g/mol. The Morgan fingerprint density at radius 1 is 1.50 bits per heavy atom. The van der Waals surface area contributed by atoms with E-state index in [1.165, 1.54) is 6.92 Å². The van der Waals surface area contributed by atoms with Crippen LogP contribution >= 0.6 is 11.6 Å². The Kier molecular flexibility index (Phi) is 5.04. The van der Waals surface area contributed by atoms with Crippen LogP contribution in [-0.2, 0) is 0 Å². The summed E-state index contributed by atoms with van der Waals surface area (Å²) in [7, 11) is 1.89. The molecule has 0 aliphatic rings. The van der Waals surface area contributed by atoms with Gasteiger partial charge in [0.2, 0.25) is 0 Å². The molecule has 0 saturated heterocycles. The number of hydrogen-bond donors (Lipinski definition) is 1. The highest BCUT2D eigenvalue weighted by molar-refractivity contribution is 6.33. The third-order valence-corrected chi connectivity index (χ3v) is 2.41. The van der Waals surface area contributed by atoms with Crippen LogP contribution in [0.1, 0.15) is 29.3 Å². The third-order valence-electron chi connectivity index (χ3n) is 2.08. The van der Waals surface area contributed by atoms with Gasteiger partial charge >= 0.3 is 0 Å². The lowest BCUT2D eigenvalue weighted by Crippen LogP contribution is -2.05. The molecule has 0 bridgehead atoms. The number of nitrogens with one attached hydrogen (secondary N) is 1. The molecule has 0 aromatic heterocycles. The zero-order chi connectivity index (χ0) is 12.0. The molecule has 16 heavy (non-hydrogen) atoms. The van der Waals surface area contributed by atoms with Gasteiger partial charge in [-0.1, -0.05) is 23.4 Å². The fraction of sp³-hybridized carbons (Fsp3) is 0.308. The topological polar surface area (TPSA) is 29.1 Å². The van der Waals surface area contributed by atoms with E-state index >= 15 is 0 Å². The third kappa shape index (κ3) is 3.69. The van der Waals surface area contributed by atoms with E-state index in [0.717, 1.165) is 18.5 Å². The first-order valence-electron chi connectivity index (χ1n) is 5.09. The Balaban J connectivity index is 2.85. The number of halogens is 1. The normalized spacial score (nSPS) is 9.44. The zero-order valence-electron chi connectivity index (χ0n) is 9.43. The lowest BCUT2D eigenvalue weighted by atomic mass is 10.1. The number of benzene rings is 1. The van der Waals surface area contributed by atoms with Crippen molar-refractivity contribution in [2.45, 2.75) is 13.3 Å². The molecule has 1 aromatic carbocycles. The van der Waals surface area contributed by atoms with Crippen molar-refractivity contribution >= 4 is 17.4 Å². The van der Waals surface area contributed by atoms with E-state index in [0.29, 0.717) is 10.6 Å². The number of rotatable bonds is 3. The Morgan fingerprint density at radius 2 is 2.25 bits per heavy atom. The van der Waals surface area contributed by atoms with Crippen molar-refractivity contribution < 1.29 is 4.79 Å². The molecule has 0 fully saturated rings. The van der Waals surface area contributed by atoms with E-state index in [2.05, 4.69) is 17.2 Å². The maximum atomic E-state index is 11.3. The quantitative estimate of drug-likeness (QED) is 0.496. The molecule has 0 heterocycles. The molecule has 3 heteroatoms. The molecule has 0 unspecified atom stereocenters. The van der Waals surface area contributed by atoms with Gasteiger partial charge in [-0.15, -0.1) is 0 Å². The van der Waals surface area contributed by atoms with Crippen molar-refractivity contribution in [1.82, 2.24) is 5.32 Å². The van der Waals surface area contributed by atoms with Crippen LogP contribution in [0.15, 0.2) is 18.2 Å². The second kappa shape index (κ2) is 6.32. The number of Topliss-reactive ketones (excluding diaryl/α,β-unsaturated/α-hetero) is 1. The van der Waals surface area contributed by atoms with Crippen LogP contribution in [0, 0.1) is 11.8 Å². The minimum Gasteiger partial charge on any atom is -0.319 e. The smallest absolute Gasteiger partial charge is 0.161 e. The first kappa shape index (κ1) is 12.8. The summed E-state index contributed by atoms with van der Waals surface area (Å²) < 4.78 is 0. The average molecular weight is 236 g/mol. The fourth-order valence-electron chi connectivity index (χ4n) is 1.22. The summed E-state index contributed by atoms with van der Waals surface area (Å²) in [5.74, 6) is 5.98. The molecule has 0 aliphatic carbocycles. The Hall–Kier alpha value is -1.30. The van der Waals surface area contributed by atoms with E-state index in [1.807, 2.05) is 13.1 Å². The van der Waals surface area contributed by atoms with Gasteiger partial charge in [0.1, 0.15) is 0 Å². The molecule has 0 aliphatic heterocycles. The molecular weight excluding hydrogens is 222 g/mol. The van der Waals surface area contributed by atoms with Crippen LogP contribution < -0.4 is 5.32 Å². The standard InChI is InChI=1S/C13H14ClNO/c1-10(16)12-9-11(6-7-13(12)14)5-3-4-8-15-2/h6-7,9,15H,4,8H2,1-2H3.